The Labute approximate surface area is 159 Å². The maximum Gasteiger partial charge on any atom is 0.416 e. The van der Waals surface area contributed by atoms with E-state index in [2.05, 4.69) is 0 Å². The van der Waals surface area contributed by atoms with Gasteiger partial charge in [-0.25, -0.2) is 0 Å². The van der Waals surface area contributed by atoms with Crippen molar-refractivity contribution in [1.82, 2.24) is 4.57 Å². The fourth-order valence-electron chi connectivity index (χ4n) is 3.25. The molecule has 140 valence electrons. The van der Waals surface area contributed by atoms with E-state index in [1.54, 1.807) is 35.0 Å². The van der Waals surface area contributed by atoms with Crippen LogP contribution >= 0.6 is 0 Å². The van der Waals surface area contributed by atoms with Gasteiger partial charge in [-0.05, 0) is 52.4 Å². The van der Waals surface area contributed by atoms with Crippen LogP contribution in [0.1, 0.15) is 11.1 Å². The molecule has 4 rings (SSSR count). The molecule has 28 heavy (non-hydrogen) atoms. The first-order chi connectivity index (χ1) is 13.4. The van der Waals surface area contributed by atoms with Crippen LogP contribution in [0.5, 0.6) is 0 Å². The van der Waals surface area contributed by atoms with Gasteiger partial charge < -0.3 is 4.57 Å². The molecule has 5 heteroatoms. The number of aromatic nitrogens is 1. The van der Waals surface area contributed by atoms with Gasteiger partial charge in [0.2, 0.25) is 0 Å². The smallest absolute Gasteiger partial charge is 0.311 e. The first kappa shape index (κ1) is 18.0. The standard InChI is InChI=1S/C23H16F3NO/c24-23(25,26)20-8-4-7-17(14-20)18-9-10-21-19(13-18)11-12-27(22(21)28)15-16-5-2-1-3-6-16/h1-14H,15H2. The Bertz CT molecular complexity index is 1190. The number of hydrogen-bond acceptors (Lipinski definition) is 1. The highest BCUT2D eigenvalue weighted by molar-refractivity contribution is 5.86. The van der Waals surface area contributed by atoms with E-state index in [9.17, 15) is 18.0 Å². The molecule has 0 fully saturated rings. The predicted molar refractivity (Wildman–Crippen MR) is 104 cm³/mol. The Morgan fingerprint density at radius 1 is 0.786 bits per heavy atom. The normalized spacial score (nSPS) is 11.7. The zero-order chi connectivity index (χ0) is 19.7. The minimum atomic E-state index is -4.39. The van der Waals surface area contributed by atoms with Gasteiger partial charge in [-0.3, -0.25) is 4.79 Å². The molecule has 4 aromatic rings. The molecule has 0 saturated carbocycles. The number of rotatable bonds is 3. The monoisotopic (exact) mass is 379 g/mol. The Kier molecular flexibility index (Phi) is 4.51. The third kappa shape index (κ3) is 3.56. The van der Waals surface area contributed by atoms with Crippen LogP contribution in [0.15, 0.2) is 89.9 Å². The van der Waals surface area contributed by atoms with Crippen molar-refractivity contribution in [2.75, 3.05) is 0 Å². The van der Waals surface area contributed by atoms with Crippen molar-refractivity contribution in [3.05, 3.63) is 107 Å². The molecule has 0 aliphatic rings. The summed E-state index contributed by atoms with van der Waals surface area (Å²) in [4.78, 5) is 12.8. The van der Waals surface area contributed by atoms with E-state index < -0.39 is 11.7 Å². The van der Waals surface area contributed by atoms with Crippen LogP contribution in [0.25, 0.3) is 21.9 Å². The van der Waals surface area contributed by atoms with Crippen LogP contribution in [0, 0.1) is 0 Å². The largest absolute Gasteiger partial charge is 0.416 e. The zero-order valence-electron chi connectivity index (χ0n) is 14.8. The highest BCUT2D eigenvalue weighted by Crippen LogP contribution is 2.32. The number of benzene rings is 3. The lowest BCUT2D eigenvalue weighted by Gasteiger charge is -2.11. The average molecular weight is 379 g/mol. The van der Waals surface area contributed by atoms with E-state index in [-0.39, 0.29) is 5.56 Å². The zero-order valence-corrected chi connectivity index (χ0v) is 14.8. The van der Waals surface area contributed by atoms with Gasteiger partial charge in [0.1, 0.15) is 0 Å². The predicted octanol–water partition coefficient (Wildman–Crippen LogP) is 5.74. The van der Waals surface area contributed by atoms with E-state index in [1.807, 2.05) is 36.4 Å². The van der Waals surface area contributed by atoms with E-state index in [4.69, 9.17) is 0 Å². The Morgan fingerprint density at radius 3 is 2.29 bits per heavy atom. The molecule has 0 bridgehead atoms. The van der Waals surface area contributed by atoms with Gasteiger partial charge in [-0.2, -0.15) is 13.2 Å². The molecule has 1 heterocycles. The first-order valence-electron chi connectivity index (χ1n) is 8.76. The summed E-state index contributed by atoms with van der Waals surface area (Å²) >= 11 is 0. The summed E-state index contributed by atoms with van der Waals surface area (Å²) in [6.45, 7) is 0.463. The van der Waals surface area contributed by atoms with Gasteiger partial charge in [-0.15, -0.1) is 0 Å². The summed E-state index contributed by atoms with van der Waals surface area (Å²) in [6, 6.07) is 21.8. The highest BCUT2D eigenvalue weighted by atomic mass is 19.4. The van der Waals surface area contributed by atoms with Gasteiger partial charge in [0.15, 0.2) is 0 Å². The average Bonchev–Trinajstić information content (AvgIpc) is 2.70. The third-order valence-electron chi connectivity index (χ3n) is 4.70. The highest BCUT2D eigenvalue weighted by Gasteiger charge is 2.30. The molecule has 0 unspecified atom stereocenters. The van der Waals surface area contributed by atoms with Crippen molar-refractivity contribution in [1.29, 1.82) is 0 Å². The fraction of sp³-hybridized carbons (Fsp3) is 0.0870. The molecule has 3 aromatic carbocycles. The molecular formula is C23H16F3NO. The molecule has 1 aromatic heterocycles. The van der Waals surface area contributed by atoms with Crippen LogP contribution in [0.2, 0.25) is 0 Å². The van der Waals surface area contributed by atoms with Gasteiger partial charge in [-0.1, -0.05) is 48.5 Å². The summed E-state index contributed by atoms with van der Waals surface area (Å²) in [5, 5.41) is 1.23. The Hall–Kier alpha value is -3.34. The van der Waals surface area contributed by atoms with Crippen LogP contribution in [-0.4, -0.2) is 4.57 Å². The molecule has 0 atom stereocenters. The van der Waals surface area contributed by atoms with Crippen LogP contribution in [-0.2, 0) is 12.7 Å². The van der Waals surface area contributed by atoms with E-state index in [0.717, 1.165) is 17.7 Å². The topological polar surface area (TPSA) is 22.0 Å². The molecule has 0 aliphatic carbocycles. The van der Waals surface area contributed by atoms with Crippen LogP contribution in [0.3, 0.4) is 0 Å². The molecule has 0 N–H and O–H groups in total. The number of nitrogens with zero attached hydrogens (tertiary/aromatic N) is 1. The lowest BCUT2D eigenvalue weighted by molar-refractivity contribution is -0.137. The maximum absolute atomic E-state index is 13.0. The second kappa shape index (κ2) is 7.00. The van der Waals surface area contributed by atoms with Crippen molar-refractivity contribution in [2.45, 2.75) is 12.7 Å². The van der Waals surface area contributed by atoms with Crippen molar-refractivity contribution in [3.8, 4) is 11.1 Å². The number of alkyl halides is 3. The van der Waals surface area contributed by atoms with E-state index >= 15 is 0 Å². The van der Waals surface area contributed by atoms with Gasteiger partial charge in [0.05, 0.1) is 12.1 Å². The number of halogens is 3. The Morgan fingerprint density at radius 2 is 1.54 bits per heavy atom. The summed E-state index contributed by atoms with van der Waals surface area (Å²) in [5.41, 5.74) is 1.30. The first-order valence-corrected chi connectivity index (χ1v) is 8.76. The van der Waals surface area contributed by atoms with E-state index in [1.165, 1.54) is 6.07 Å². The maximum atomic E-state index is 13.0. The van der Waals surface area contributed by atoms with Gasteiger partial charge in [0, 0.05) is 11.6 Å². The van der Waals surface area contributed by atoms with Crippen LogP contribution in [0.4, 0.5) is 13.2 Å². The minimum absolute atomic E-state index is 0.128. The summed E-state index contributed by atoms with van der Waals surface area (Å²) in [7, 11) is 0. The lowest BCUT2D eigenvalue weighted by atomic mass is 10.00. The van der Waals surface area contributed by atoms with E-state index in [0.29, 0.717) is 28.4 Å². The van der Waals surface area contributed by atoms with Crippen LogP contribution < -0.4 is 5.56 Å². The number of fused-ring (bicyclic) bond motifs is 1. The summed E-state index contributed by atoms with van der Waals surface area (Å²) in [5.74, 6) is 0. The molecule has 0 radical (unpaired) electrons. The molecule has 0 saturated heterocycles. The molecule has 2 nitrogen and oxygen atoms in total. The molecule has 0 amide bonds. The number of pyridine rings is 1. The summed E-state index contributed by atoms with van der Waals surface area (Å²) in [6.07, 6.45) is -2.67. The lowest BCUT2D eigenvalue weighted by Crippen LogP contribution is -2.19. The van der Waals surface area contributed by atoms with Crippen molar-refractivity contribution in [2.24, 2.45) is 0 Å². The quantitative estimate of drug-likeness (QED) is 0.445. The third-order valence-corrected chi connectivity index (χ3v) is 4.70. The molecule has 0 aliphatic heterocycles. The van der Waals surface area contributed by atoms with Crippen molar-refractivity contribution >= 4 is 10.8 Å². The molecular weight excluding hydrogens is 363 g/mol. The number of hydrogen-bond donors (Lipinski definition) is 0. The SMILES string of the molecule is O=c1c2ccc(-c3cccc(C(F)(F)F)c3)cc2ccn1Cc1ccccc1. The molecule has 0 spiro atoms. The fourth-order valence-corrected chi connectivity index (χ4v) is 3.25. The van der Waals surface area contributed by atoms with Crippen molar-refractivity contribution in [3.63, 3.8) is 0 Å². The summed E-state index contributed by atoms with van der Waals surface area (Å²) < 4.78 is 40.5. The minimum Gasteiger partial charge on any atom is -0.311 e. The van der Waals surface area contributed by atoms with Gasteiger partial charge in [0.25, 0.3) is 5.56 Å². The van der Waals surface area contributed by atoms with Gasteiger partial charge >= 0.3 is 6.18 Å². The Balaban J connectivity index is 1.73. The second-order valence-electron chi connectivity index (χ2n) is 6.61. The second-order valence-corrected chi connectivity index (χ2v) is 6.61. The van der Waals surface area contributed by atoms with Crippen molar-refractivity contribution < 1.29 is 13.2 Å².